The first-order valence-corrected chi connectivity index (χ1v) is 15.0. The number of carbonyl (C=O) groups is 3. The van der Waals surface area contributed by atoms with Gasteiger partial charge in [-0.15, -0.1) is 11.3 Å². The Morgan fingerprint density at radius 3 is 2.49 bits per heavy atom. The van der Waals surface area contributed by atoms with Crippen molar-refractivity contribution < 1.29 is 27.6 Å². The Balaban J connectivity index is 1.40. The summed E-state index contributed by atoms with van der Waals surface area (Å²) in [6, 6.07) is 15.2. The largest absolute Gasteiger partial charge is 0.418 e. The molecule has 0 radical (unpaired) electrons. The van der Waals surface area contributed by atoms with Crippen LogP contribution in [0.1, 0.15) is 26.8 Å². The van der Waals surface area contributed by atoms with Crippen molar-refractivity contribution in [3.63, 3.8) is 0 Å². The third-order valence-corrected chi connectivity index (χ3v) is 10.5. The molecule has 0 aliphatic carbocycles. The van der Waals surface area contributed by atoms with Gasteiger partial charge in [-0.2, -0.15) is 13.2 Å². The Hall–Kier alpha value is -3.68. The van der Waals surface area contributed by atoms with Crippen LogP contribution in [0.15, 0.2) is 75.9 Å². The number of halogens is 3. The Kier molecular flexibility index (Phi) is 6.91. The molecule has 4 heterocycles. The maximum atomic E-state index is 13.9. The first-order valence-electron chi connectivity index (χ1n) is 12.4. The second-order valence-electron chi connectivity index (χ2n) is 9.63. The molecule has 0 bridgehead atoms. The number of para-hydroxylation sites is 1. The molecule has 1 fully saturated rings. The van der Waals surface area contributed by atoms with Crippen LogP contribution in [0.25, 0.3) is 0 Å². The Morgan fingerprint density at radius 2 is 1.78 bits per heavy atom. The van der Waals surface area contributed by atoms with E-state index < -0.39 is 57.1 Å². The second-order valence-corrected chi connectivity index (χ2v) is 12.7. The predicted molar refractivity (Wildman–Crippen MR) is 152 cm³/mol. The van der Waals surface area contributed by atoms with Crippen molar-refractivity contribution in [1.82, 2.24) is 4.57 Å². The number of amides is 3. The summed E-state index contributed by atoms with van der Waals surface area (Å²) in [4.78, 5) is 55.1. The van der Waals surface area contributed by atoms with Gasteiger partial charge in [0.2, 0.25) is 17.7 Å². The molecule has 2 aliphatic heterocycles. The molecule has 210 valence electrons. The molecule has 2 aromatic carbocycles. The maximum absolute atomic E-state index is 13.9. The van der Waals surface area contributed by atoms with E-state index in [4.69, 9.17) is 0 Å². The Bertz CT molecular complexity index is 1750. The highest BCUT2D eigenvalue weighted by Gasteiger charge is 2.58. The van der Waals surface area contributed by atoms with E-state index in [0.29, 0.717) is 25.4 Å². The van der Waals surface area contributed by atoms with Gasteiger partial charge >= 0.3 is 11.0 Å². The van der Waals surface area contributed by atoms with Gasteiger partial charge in [-0.3, -0.25) is 23.7 Å². The number of rotatable bonds is 5. The number of imide groups is 1. The highest BCUT2D eigenvalue weighted by Crippen LogP contribution is 2.55. The number of benzene rings is 2. The number of fused-ring (bicyclic) bond motifs is 2. The summed E-state index contributed by atoms with van der Waals surface area (Å²) in [5.41, 5.74) is -0.105. The minimum absolute atomic E-state index is 0.330. The zero-order valence-electron chi connectivity index (χ0n) is 21.2. The van der Waals surface area contributed by atoms with E-state index in [1.54, 1.807) is 35.7 Å². The fraction of sp³-hybridized carbons (Fsp3) is 0.214. The summed E-state index contributed by atoms with van der Waals surface area (Å²) in [6.07, 6.45) is -4.78. The molecular weight excluding hydrogens is 596 g/mol. The average molecular weight is 616 g/mol. The van der Waals surface area contributed by atoms with Gasteiger partial charge in [0.05, 0.1) is 22.2 Å². The maximum Gasteiger partial charge on any atom is 0.418 e. The highest BCUT2D eigenvalue weighted by molar-refractivity contribution is 8.00. The number of aryl methyl sites for hydroxylation is 1. The molecule has 3 atom stereocenters. The summed E-state index contributed by atoms with van der Waals surface area (Å²) in [5.74, 6) is -3.74. The molecule has 2 aromatic heterocycles. The number of hydrogen-bond acceptors (Lipinski definition) is 7. The zero-order chi connectivity index (χ0) is 29.1. The van der Waals surface area contributed by atoms with E-state index in [9.17, 15) is 32.3 Å². The third-order valence-electron chi connectivity index (χ3n) is 6.95. The van der Waals surface area contributed by atoms with Gasteiger partial charge in [-0.25, -0.2) is 4.90 Å². The molecule has 7 nitrogen and oxygen atoms in total. The van der Waals surface area contributed by atoms with Gasteiger partial charge in [0.1, 0.15) is 11.8 Å². The van der Waals surface area contributed by atoms with E-state index in [2.05, 4.69) is 5.32 Å². The highest BCUT2D eigenvalue weighted by atomic mass is 32.2. The topological polar surface area (TPSA) is 88.5 Å². The number of thioether (sulfide) groups is 1. The van der Waals surface area contributed by atoms with E-state index in [1.807, 2.05) is 13.0 Å². The first kappa shape index (κ1) is 27.5. The van der Waals surface area contributed by atoms with Crippen molar-refractivity contribution in [3.8, 4) is 0 Å². The van der Waals surface area contributed by atoms with Crippen molar-refractivity contribution in [2.24, 2.45) is 5.92 Å². The van der Waals surface area contributed by atoms with E-state index in [1.165, 1.54) is 28.0 Å². The lowest BCUT2D eigenvalue weighted by Crippen LogP contribution is -2.33. The molecule has 3 amide bonds. The first-order chi connectivity index (χ1) is 19.5. The van der Waals surface area contributed by atoms with Crippen LogP contribution in [-0.4, -0.2) is 27.5 Å². The number of thiophene rings is 1. The van der Waals surface area contributed by atoms with Crippen LogP contribution >= 0.6 is 34.4 Å². The number of alkyl halides is 3. The summed E-state index contributed by atoms with van der Waals surface area (Å²) in [6.45, 7) is 1.55. The second kappa shape index (κ2) is 10.3. The minimum Gasteiger partial charge on any atom is -0.325 e. The van der Waals surface area contributed by atoms with Crippen LogP contribution in [0.2, 0.25) is 0 Å². The average Bonchev–Trinajstić information content (AvgIpc) is 3.61. The minimum atomic E-state index is -4.78. The van der Waals surface area contributed by atoms with Gasteiger partial charge in [0, 0.05) is 21.4 Å². The molecule has 0 saturated carbocycles. The molecule has 6 rings (SSSR count). The lowest BCUT2D eigenvalue weighted by Gasteiger charge is -2.29. The molecule has 41 heavy (non-hydrogen) atoms. The van der Waals surface area contributed by atoms with Gasteiger partial charge < -0.3 is 5.32 Å². The summed E-state index contributed by atoms with van der Waals surface area (Å²) in [7, 11) is 0. The fourth-order valence-electron chi connectivity index (χ4n) is 5.24. The summed E-state index contributed by atoms with van der Waals surface area (Å²) >= 11 is 3.16. The van der Waals surface area contributed by atoms with Crippen LogP contribution in [0, 0.1) is 12.8 Å². The monoisotopic (exact) mass is 615 g/mol. The number of nitrogens with one attached hydrogen (secondary N) is 1. The van der Waals surface area contributed by atoms with Crippen molar-refractivity contribution in [3.05, 3.63) is 96.6 Å². The van der Waals surface area contributed by atoms with Crippen molar-refractivity contribution >= 4 is 63.5 Å². The lowest BCUT2D eigenvalue weighted by atomic mass is 9.87. The standard InChI is InChI=1S/C28H20F3N3O4S3/c1-14-6-4-7-15(12-14)32-19(35)13-33-26-23(41-27(33)38)20(18-10-5-11-39-18)21-22(40-26)25(37)34(24(21)36)17-9-3-2-8-16(17)28(29,30)31/h2-12,20-22H,13H2,1H3,(H,32,35)/t20-,21-,22+/m0/s1. The fourth-order valence-corrected chi connectivity index (χ4v) is 8.96. The van der Waals surface area contributed by atoms with Crippen LogP contribution in [0.5, 0.6) is 0 Å². The van der Waals surface area contributed by atoms with Gasteiger partial charge in [-0.05, 0) is 48.2 Å². The molecule has 4 aromatic rings. The lowest BCUT2D eigenvalue weighted by molar-refractivity contribution is -0.137. The third kappa shape index (κ3) is 4.81. The smallest absolute Gasteiger partial charge is 0.325 e. The van der Waals surface area contributed by atoms with Crippen molar-refractivity contribution in [2.45, 2.75) is 35.8 Å². The molecule has 2 aliphatic rings. The molecular formula is C28H20F3N3O4S3. The van der Waals surface area contributed by atoms with Gasteiger partial charge in [0.25, 0.3) is 0 Å². The number of anilines is 2. The van der Waals surface area contributed by atoms with Crippen LogP contribution in [0.3, 0.4) is 0 Å². The number of thiazole rings is 1. The van der Waals surface area contributed by atoms with Crippen LogP contribution in [0.4, 0.5) is 24.5 Å². The Morgan fingerprint density at radius 1 is 1.00 bits per heavy atom. The summed E-state index contributed by atoms with van der Waals surface area (Å²) in [5, 5.41) is 3.84. The van der Waals surface area contributed by atoms with Crippen molar-refractivity contribution in [1.29, 1.82) is 0 Å². The number of carbonyl (C=O) groups excluding carboxylic acids is 3. The molecule has 0 unspecified atom stereocenters. The van der Waals surface area contributed by atoms with Crippen LogP contribution < -0.4 is 15.1 Å². The molecule has 0 spiro atoms. The van der Waals surface area contributed by atoms with E-state index in [0.717, 1.165) is 40.8 Å². The SMILES string of the molecule is Cc1cccc(NC(=O)Cn2c3c(sc2=O)[C@@H](c2cccs2)[C@@H]2C(=O)N(c4ccccc4C(F)(F)F)C(=O)[C@@H]2S3)c1. The number of hydrogen-bond donors (Lipinski definition) is 1. The molecule has 13 heteroatoms. The quantitative estimate of drug-likeness (QED) is 0.290. The van der Waals surface area contributed by atoms with Gasteiger partial charge in [-0.1, -0.05) is 53.4 Å². The molecule has 1 N–H and O–H groups in total. The van der Waals surface area contributed by atoms with Crippen molar-refractivity contribution in [2.75, 3.05) is 10.2 Å². The van der Waals surface area contributed by atoms with E-state index in [-0.39, 0.29) is 6.54 Å². The Labute approximate surface area is 243 Å². The number of aromatic nitrogens is 1. The summed E-state index contributed by atoms with van der Waals surface area (Å²) < 4.78 is 42.9. The van der Waals surface area contributed by atoms with Crippen LogP contribution in [-0.2, 0) is 27.1 Å². The molecule has 1 saturated heterocycles. The normalized spacial score (nSPS) is 20.2. The zero-order valence-corrected chi connectivity index (χ0v) is 23.6. The van der Waals surface area contributed by atoms with Gasteiger partial charge in [0.15, 0.2) is 0 Å². The van der Waals surface area contributed by atoms with E-state index >= 15 is 0 Å². The number of nitrogens with zero attached hydrogens (tertiary/aromatic N) is 2. The predicted octanol–water partition coefficient (Wildman–Crippen LogP) is 5.73.